The van der Waals surface area contributed by atoms with Crippen molar-refractivity contribution in [3.05, 3.63) is 64.5 Å². The summed E-state index contributed by atoms with van der Waals surface area (Å²) in [4.78, 5) is 50.6. The molecular weight excluding hydrogens is 499 g/mol. The van der Waals surface area contributed by atoms with Gasteiger partial charge in [0.25, 0.3) is 5.24 Å². The monoisotopic (exact) mass is 514 g/mol. The second kappa shape index (κ2) is 9.29. The maximum absolute atomic E-state index is 14.1. The van der Waals surface area contributed by atoms with Gasteiger partial charge in [-0.15, -0.1) is 0 Å². The summed E-state index contributed by atoms with van der Waals surface area (Å²) in [6.45, 7) is -0.434. The Morgan fingerprint density at radius 1 is 0.943 bits per heavy atom. The molecular formula is C22H15F5N2O5S. The lowest BCUT2D eigenvalue weighted by molar-refractivity contribution is -0.153. The first-order valence-electron chi connectivity index (χ1n) is 10.1. The summed E-state index contributed by atoms with van der Waals surface area (Å²) in [7, 11) is 0. The Morgan fingerprint density at radius 2 is 1.49 bits per heavy atom. The minimum Gasteiger partial charge on any atom is -0.419 e. The van der Waals surface area contributed by atoms with E-state index in [9.17, 15) is 41.1 Å². The second-order valence-electron chi connectivity index (χ2n) is 7.85. The highest BCUT2D eigenvalue weighted by atomic mass is 32.2. The number of hydrogen-bond acceptors (Lipinski definition) is 6. The number of halogens is 5. The summed E-state index contributed by atoms with van der Waals surface area (Å²) < 4.78 is 73.4. The average molecular weight is 514 g/mol. The van der Waals surface area contributed by atoms with E-state index >= 15 is 0 Å². The van der Waals surface area contributed by atoms with Gasteiger partial charge in [0.15, 0.2) is 5.41 Å². The van der Waals surface area contributed by atoms with Crippen LogP contribution in [0.2, 0.25) is 0 Å². The van der Waals surface area contributed by atoms with Crippen LogP contribution in [0, 0.1) is 34.5 Å². The number of esters is 1. The molecule has 1 aliphatic carbocycles. The molecule has 0 spiro atoms. The molecule has 35 heavy (non-hydrogen) atoms. The summed E-state index contributed by atoms with van der Waals surface area (Å²) in [5, 5.41) is 1.90. The third kappa shape index (κ3) is 4.24. The topological polar surface area (TPSA) is 92.8 Å². The van der Waals surface area contributed by atoms with E-state index in [0.29, 0.717) is 11.1 Å². The molecule has 1 saturated heterocycles. The number of nitrogens with one attached hydrogen (secondary N) is 1. The largest absolute Gasteiger partial charge is 0.419 e. The Hall–Kier alpha value is -3.48. The van der Waals surface area contributed by atoms with Crippen LogP contribution < -0.4 is 10.1 Å². The number of fused-ring (bicyclic) bond motifs is 1. The zero-order valence-electron chi connectivity index (χ0n) is 17.6. The summed E-state index contributed by atoms with van der Waals surface area (Å²) >= 11 is 0.792. The SMILES string of the molecule is O=C1CSC(=O)N1CCNC(=O)C1(C(=O)Oc2c(F)c(F)c(F)c(F)c2F)Cc2ccccc2C1. The second-order valence-corrected chi connectivity index (χ2v) is 8.78. The molecule has 1 aliphatic heterocycles. The number of benzene rings is 2. The lowest BCUT2D eigenvalue weighted by atomic mass is 9.83. The lowest BCUT2D eigenvalue weighted by Gasteiger charge is -2.26. The number of imide groups is 1. The minimum absolute atomic E-state index is 0.0414. The maximum Gasteiger partial charge on any atom is 0.327 e. The van der Waals surface area contributed by atoms with Crippen LogP contribution in [0.5, 0.6) is 5.75 Å². The van der Waals surface area contributed by atoms with E-state index in [1.54, 1.807) is 24.3 Å². The van der Waals surface area contributed by atoms with E-state index in [1.165, 1.54) is 0 Å². The van der Waals surface area contributed by atoms with Crippen molar-refractivity contribution in [1.82, 2.24) is 10.2 Å². The van der Waals surface area contributed by atoms with Gasteiger partial charge >= 0.3 is 5.97 Å². The molecule has 0 bridgehead atoms. The van der Waals surface area contributed by atoms with Gasteiger partial charge in [0.05, 0.1) is 5.75 Å². The molecule has 2 aromatic rings. The van der Waals surface area contributed by atoms with Crippen LogP contribution in [0.15, 0.2) is 24.3 Å². The number of carbonyl (C=O) groups excluding carboxylic acids is 4. The fraction of sp³-hybridized carbons (Fsp3) is 0.273. The molecule has 0 radical (unpaired) electrons. The van der Waals surface area contributed by atoms with E-state index in [2.05, 4.69) is 10.1 Å². The molecule has 1 N–H and O–H groups in total. The van der Waals surface area contributed by atoms with Crippen molar-refractivity contribution in [3.8, 4) is 5.75 Å². The highest BCUT2D eigenvalue weighted by Crippen LogP contribution is 2.40. The molecule has 2 aromatic carbocycles. The van der Waals surface area contributed by atoms with Crippen LogP contribution in [0.1, 0.15) is 11.1 Å². The third-order valence-corrected chi connectivity index (χ3v) is 6.61. The number of carbonyl (C=O) groups is 4. The first-order chi connectivity index (χ1) is 16.6. The van der Waals surface area contributed by atoms with Gasteiger partial charge in [-0.25, -0.2) is 13.2 Å². The Labute approximate surface area is 198 Å². The third-order valence-electron chi connectivity index (χ3n) is 5.75. The van der Waals surface area contributed by atoms with Crippen LogP contribution in [0.25, 0.3) is 0 Å². The molecule has 0 aromatic heterocycles. The smallest absolute Gasteiger partial charge is 0.327 e. The van der Waals surface area contributed by atoms with Gasteiger partial charge in [0.1, 0.15) is 0 Å². The van der Waals surface area contributed by atoms with Crippen LogP contribution in [0.4, 0.5) is 26.7 Å². The fourth-order valence-corrected chi connectivity index (χ4v) is 4.68. The summed E-state index contributed by atoms with van der Waals surface area (Å²) in [6, 6.07) is 6.47. The van der Waals surface area contributed by atoms with E-state index in [0.717, 1.165) is 16.7 Å². The molecule has 0 unspecified atom stereocenters. The minimum atomic E-state index is -2.43. The van der Waals surface area contributed by atoms with Crippen LogP contribution in [0.3, 0.4) is 0 Å². The predicted octanol–water partition coefficient (Wildman–Crippen LogP) is 2.88. The van der Waals surface area contributed by atoms with E-state index in [-0.39, 0.29) is 31.7 Å². The fourth-order valence-electron chi connectivity index (χ4n) is 3.93. The standard InChI is InChI=1S/C22H15F5N2O5S/c23-13-14(24)16(26)18(17(27)15(13)25)34-20(32)22(7-10-3-1-2-4-11(10)8-22)19(31)28-5-6-29-12(30)9-35-21(29)33/h1-4H,5-9H2,(H,28,31). The van der Waals surface area contributed by atoms with Crippen molar-refractivity contribution >= 4 is 34.8 Å². The quantitative estimate of drug-likeness (QED) is 0.159. The average Bonchev–Trinajstić information content (AvgIpc) is 3.40. The van der Waals surface area contributed by atoms with Gasteiger partial charge in [-0.05, 0) is 24.0 Å². The number of amides is 3. The van der Waals surface area contributed by atoms with Crippen molar-refractivity contribution in [2.45, 2.75) is 12.8 Å². The van der Waals surface area contributed by atoms with Gasteiger partial charge in [0, 0.05) is 13.1 Å². The molecule has 4 rings (SSSR count). The number of ether oxygens (including phenoxy) is 1. The van der Waals surface area contributed by atoms with E-state index < -0.39 is 63.3 Å². The zero-order chi connectivity index (χ0) is 25.5. The Kier molecular flexibility index (Phi) is 6.54. The van der Waals surface area contributed by atoms with Crippen molar-refractivity contribution in [3.63, 3.8) is 0 Å². The molecule has 184 valence electrons. The summed E-state index contributed by atoms with van der Waals surface area (Å²) in [5.74, 6) is -16.6. The molecule has 2 aliphatic rings. The Bertz CT molecular complexity index is 1200. The first-order valence-corrected chi connectivity index (χ1v) is 11.1. The lowest BCUT2D eigenvalue weighted by Crippen LogP contribution is -2.51. The molecule has 0 saturated carbocycles. The summed E-state index contributed by atoms with van der Waals surface area (Å²) in [5.41, 5.74) is -1.02. The van der Waals surface area contributed by atoms with Crippen molar-refractivity contribution < 1.29 is 45.9 Å². The Morgan fingerprint density at radius 3 is 2.00 bits per heavy atom. The molecule has 13 heteroatoms. The van der Waals surface area contributed by atoms with Crippen LogP contribution in [-0.4, -0.2) is 46.8 Å². The molecule has 1 heterocycles. The summed E-state index contributed by atoms with van der Waals surface area (Å²) in [6.07, 6.45) is -0.554. The van der Waals surface area contributed by atoms with Crippen molar-refractivity contribution in [1.29, 1.82) is 0 Å². The normalized spacial score (nSPS) is 16.4. The molecule has 3 amide bonds. The molecule has 0 atom stereocenters. The predicted molar refractivity (Wildman–Crippen MR) is 111 cm³/mol. The van der Waals surface area contributed by atoms with Crippen LogP contribution in [-0.2, 0) is 27.2 Å². The number of thioether (sulfide) groups is 1. The maximum atomic E-state index is 14.1. The molecule has 1 fully saturated rings. The van der Waals surface area contributed by atoms with E-state index in [1.807, 2.05) is 0 Å². The van der Waals surface area contributed by atoms with Crippen molar-refractivity contribution in [2.24, 2.45) is 5.41 Å². The zero-order valence-corrected chi connectivity index (χ0v) is 18.4. The van der Waals surface area contributed by atoms with Gasteiger partial charge < -0.3 is 10.1 Å². The van der Waals surface area contributed by atoms with Gasteiger partial charge in [-0.3, -0.25) is 24.1 Å². The highest BCUT2D eigenvalue weighted by molar-refractivity contribution is 8.14. The van der Waals surface area contributed by atoms with Crippen molar-refractivity contribution in [2.75, 3.05) is 18.8 Å². The van der Waals surface area contributed by atoms with Gasteiger partial charge in [-0.1, -0.05) is 36.0 Å². The number of hydrogen-bond donors (Lipinski definition) is 1. The first kappa shape index (κ1) is 24.6. The van der Waals surface area contributed by atoms with Gasteiger partial charge in [-0.2, -0.15) is 8.78 Å². The highest BCUT2D eigenvalue weighted by Gasteiger charge is 2.52. The number of rotatable bonds is 6. The Balaban J connectivity index is 1.60. The molecule has 7 nitrogen and oxygen atoms in total. The van der Waals surface area contributed by atoms with E-state index in [4.69, 9.17) is 0 Å². The van der Waals surface area contributed by atoms with Crippen LogP contribution >= 0.6 is 11.8 Å². The number of nitrogens with zero attached hydrogens (tertiary/aromatic N) is 1. The van der Waals surface area contributed by atoms with Gasteiger partial charge in [0.2, 0.25) is 46.6 Å².